The predicted octanol–water partition coefficient (Wildman–Crippen LogP) is 4.35. The monoisotopic (exact) mass is 423 g/mol. The Bertz CT molecular complexity index is 714. The molecular formula is C22H31Cl2N3O. The Morgan fingerprint density at radius 1 is 0.893 bits per heavy atom. The number of halogens is 2. The summed E-state index contributed by atoms with van der Waals surface area (Å²) < 4.78 is 0. The van der Waals surface area contributed by atoms with E-state index in [1.54, 1.807) is 0 Å². The van der Waals surface area contributed by atoms with Crippen molar-refractivity contribution in [1.29, 1.82) is 0 Å². The molecule has 4 nitrogen and oxygen atoms in total. The van der Waals surface area contributed by atoms with Crippen LogP contribution in [0.25, 0.3) is 0 Å². The first-order valence-corrected chi connectivity index (χ1v) is 9.60. The van der Waals surface area contributed by atoms with Crippen molar-refractivity contribution in [2.75, 3.05) is 18.8 Å². The number of nitrogens with one attached hydrogen (secondary N) is 1. The minimum Gasteiger partial charge on any atom is -0.399 e. The molecule has 3 N–H and O–H groups in total. The Balaban J connectivity index is 0.00000196. The Labute approximate surface area is 180 Å². The number of likely N-dealkylation sites (tertiary alicyclic amines) is 1. The quantitative estimate of drug-likeness (QED) is 0.678. The highest BCUT2D eigenvalue weighted by atomic mass is 35.5. The number of anilines is 1. The van der Waals surface area contributed by atoms with E-state index in [4.69, 9.17) is 5.73 Å². The molecule has 0 radical (unpaired) electrons. The SMILES string of the molecule is Cl.Cl.Nc1ccc(CC(=O)NCc2cccc(CN3CCCCCC3)c2)cc1. The van der Waals surface area contributed by atoms with Gasteiger partial charge in [-0.1, -0.05) is 49.2 Å². The van der Waals surface area contributed by atoms with Gasteiger partial charge in [-0.25, -0.2) is 0 Å². The number of hydrogen-bond acceptors (Lipinski definition) is 3. The topological polar surface area (TPSA) is 58.4 Å². The standard InChI is InChI=1S/C22H29N3O.2ClH/c23-21-10-8-18(9-11-21)15-22(26)24-16-19-6-5-7-20(14-19)17-25-12-3-1-2-4-13-25;;/h5-11,14H,1-4,12-13,15-17,23H2,(H,24,26);2*1H. The molecular weight excluding hydrogens is 393 g/mol. The maximum atomic E-state index is 12.2. The third kappa shape index (κ3) is 8.09. The number of nitrogen functional groups attached to an aromatic ring is 1. The van der Waals surface area contributed by atoms with Crippen molar-refractivity contribution in [1.82, 2.24) is 10.2 Å². The average Bonchev–Trinajstić information content (AvgIpc) is 2.91. The van der Waals surface area contributed by atoms with Gasteiger partial charge in [-0.05, 0) is 54.8 Å². The summed E-state index contributed by atoms with van der Waals surface area (Å²) >= 11 is 0. The molecule has 0 saturated carbocycles. The van der Waals surface area contributed by atoms with Crippen LogP contribution in [0.2, 0.25) is 0 Å². The minimum atomic E-state index is 0. The van der Waals surface area contributed by atoms with Crippen molar-refractivity contribution < 1.29 is 4.79 Å². The van der Waals surface area contributed by atoms with Gasteiger partial charge in [0.25, 0.3) is 0 Å². The zero-order chi connectivity index (χ0) is 18.2. The Morgan fingerprint density at radius 3 is 2.21 bits per heavy atom. The highest BCUT2D eigenvalue weighted by Gasteiger charge is 2.10. The summed E-state index contributed by atoms with van der Waals surface area (Å²) in [5, 5.41) is 3.02. The van der Waals surface area contributed by atoms with Gasteiger partial charge >= 0.3 is 0 Å². The normalized spacial score (nSPS) is 14.3. The molecule has 1 heterocycles. The van der Waals surface area contributed by atoms with Crippen LogP contribution in [0.5, 0.6) is 0 Å². The second kappa shape index (κ2) is 12.7. The minimum absolute atomic E-state index is 0. The molecule has 2 aromatic carbocycles. The summed E-state index contributed by atoms with van der Waals surface area (Å²) in [6.45, 7) is 3.97. The van der Waals surface area contributed by atoms with Crippen LogP contribution >= 0.6 is 24.8 Å². The lowest BCUT2D eigenvalue weighted by atomic mass is 10.1. The highest BCUT2D eigenvalue weighted by molar-refractivity contribution is 5.85. The van der Waals surface area contributed by atoms with Crippen molar-refractivity contribution in [2.45, 2.75) is 45.2 Å². The highest BCUT2D eigenvalue weighted by Crippen LogP contribution is 2.14. The van der Waals surface area contributed by atoms with Crippen LogP contribution in [0, 0.1) is 0 Å². The van der Waals surface area contributed by atoms with Crippen LogP contribution in [-0.4, -0.2) is 23.9 Å². The van der Waals surface area contributed by atoms with Gasteiger partial charge in [0.1, 0.15) is 0 Å². The van der Waals surface area contributed by atoms with E-state index in [1.807, 2.05) is 24.3 Å². The van der Waals surface area contributed by atoms with Crippen molar-refractivity contribution >= 4 is 36.4 Å². The third-order valence-corrected chi connectivity index (χ3v) is 4.93. The first-order chi connectivity index (χ1) is 12.7. The van der Waals surface area contributed by atoms with E-state index < -0.39 is 0 Å². The molecule has 3 rings (SSSR count). The molecule has 0 spiro atoms. The van der Waals surface area contributed by atoms with E-state index in [1.165, 1.54) is 44.3 Å². The second-order valence-electron chi connectivity index (χ2n) is 7.21. The molecule has 28 heavy (non-hydrogen) atoms. The number of rotatable bonds is 6. The van der Waals surface area contributed by atoms with E-state index in [0.29, 0.717) is 13.0 Å². The number of amides is 1. The average molecular weight is 424 g/mol. The smallest absolute Gasteiger partial charge is 0.224 e. The lowest BCUT2D eigenvalue weighted by molar-refractivity contribution is -0.120. The lowest BCUT2D eigenvalue weighted by Gasteiger charge is -2.20. The largest absolute Gasteiger partial charge is 0.399 e. The van der Waals surface area contributed by atoms with Crippen molar-refractivity contribution in [3.63, 3.8) is 0 Å². The zero-order valence-electron chi connectivity index (χ0n) is 16.2. The van der Waals surface area contributed by atoms with Crippen LogP contribution in [0.1, 0.15) is 42.4 Å². The van der Waals surface area contributed by atoms with Crippen molar-refractivity contribution in [2.24, 2.45) is 0 Å². The van der Waals surface area contributed by atoms with E-state index >= 15 is 0 Å². The first kappa shape index (κ1) is 24.3. The summed E-state index contributed by atoms with van der Waals surface area (Å²) in [5.41, 5.74) is 9.86. The number of nitrogens with zero attached hydrogens (tertiary/aromatic N) is 1. The Kier molecular flexibility index (Phi) is 11.0. The maximum absolute atomic E-state index is 12.2. The number of carbonyl (C=O) groups excluding carboxylic acids is 1. The molecule has 154 valence electrons. The number of nitrogens with two attached hydrogens (primary N) is 1. The molecule has 0 unspecified atom stereocenters. The lowest BCUT2D eigenvalue weighted by Crippen LogP contribution is -2.25. The van der Waals surface area contributed by atoms with E-state index in [9.17, 15) is 4.79 Å². The zero-order valence-corrected chi connectivity index (χ0v) is 17.9. The molecule has 0 aromatic heterocycles. The Morgan fingerprint density at radius 2 is 1.54 bits per heavy atom. The van der Waals surface area contributed by atoms with Crippen LogP contribution < -0.4 is 11.1 Å². The van der Waals surface area contributed by atoms with Gasteiger partial charge in [0.05, 0.1) is 6.42 Å². The second-order valence-corrected chi connectivity index (χ2v) is 7.21. The van der Waals surface area contributed by atoms with Gasteiger partial charge in [-0.15, -0.1) is 24.8 Å². The summed E-state index contributed by atoms with van der Waals surface area (Å²) in [5.74, 6) is 0.0349. The number of carbonyl (C=O) groups is 1. The van der Waals surface area contributed by atoms with E-state index in [-0.39, 0.29) is 30.7 Å². The molecule has 0 aliphatic carbocycles. The summed E-state index contributed by atoms with van der Waals surface area (Å²) in [4.78, 5) is 14.7. The van der Waals surface area contributed by atoms with Crippen LogP contribution in [0.3, 0.4) is 0 Å². The molecule has 1 saturated heterocycles. The molecule has 0 bridgehead atoms. The molecule has 0 atom stereocenters. The van der Waals surface area contributed by atoms with Gasteiger partial charge in [0.15, 0.2) is 0 Å². The van der Waals surface area contributed by atoms with Gasteiger partial charge in [-0.3, -0.25) is 9.69 Å². The number of benzene rings is 2. The maximum Gasteiger partial charge on any atom is 0.224 e. The predicted molar refractivity (Wildman–Crippen MR) is 121 cm³/mol. The van der Waals surface area contributed by atoms with Gasteiger partial charge in [-0.2, -0.15) is 0 Å². The van der Waals surface area contributed by atoms with E-state index in [2.05, 4.69) is 34.5 Å². The van der Waals surface area contributed by atoms with E-state index in [0.717, 1.165) is 23.4 Å². The van der Waals surface area contributed by atoms with Crippen LogP contribution in [-0.2, 0) is 24.3 Å². The van der Waals surface area contributed by atoms with Crippen LogP contribution in [0.4, 0.5) is 5.69 Å². The molecule has 1 aliphatic heterocycles. The van der Waals surface area contributed by atoms with Gasteiger partial charge < -0.3 is 11.1 Å². The van der Waals surface area contributed by atoms with Crippen molar-refractivity contribution in [3.8, 4) is 0 Å². The Hall–Kier alpha value is -1.75. The molecule has 6 heteroatoms. The molecule has 1 fully saturated rings. The fourth-order valence-corrected chi connectivity index (χ4v) is 3.47. The van der Waals surface area contributed by atoms with Crippen LogP contribution in [0.15, 0.2) is 48.5 Å². The summed E-state index contributed by atoms with van der Waals surface area (Å²) in [6.07, 6.45) is 5.71. The molecule has 1 amide bonds. The van der Waals surface area contributed by atoms with Crippen molar-refractivity contribution in [3.05, 3.63) is 65.2 Å². The first-order valence-electron chi connectivity index (χ1n) is 9.60. The summed E-state index contributed by atoms with van der Waals surface area (Å²) in [6, 6.07) is 16.0. The molecule has 2 aromatic rings. The molecule has 1 aliphatic rings. The van der Waals surface area contributed by atoms with Gasteiger partial charge in [0.2, 0.25) is 5.91 Å². The summed E-state index contributed by atoms with van der Waals surface area (Å²) in [7, 11) is 0. The van der Waals surface area contributed by atoms with Gasteiger partial charge in [0, 0.05) is 18.8 Å². The fraction of sp³-hybridized carbons (Fsp3) is 0.409. The number of hydrogen-bond donors (Lipinski definition) is 2. The fourth-order valence-electron chi connectivity index (χ4n) is 3.47. The third-order valence-electron chi connectivity index (χ3n) is 4.93.